The molecule has 1 amide bonds. The Balaban J connectivity index is 1.71. The fourth-order valence-corrected chi connectivity index (χ4v) is 3.13. The summed E-state index contributed by atoms with van der Waals surface area (Å²) in [6.45, 7) is 7.28. The van der Waals surface area contributed by atoms with Gasteiger partial charge in [0.05, 0.1) is 12.6 Å². The first-order valence-corrected chi connectivity index (χ1v) is 9.33. The van der Waals surface area contributed by atoms with Crippen LogP contribution in [-0.2, 0) is 6.54 Å². The van der Waals surface area contributed by atoms with Gasteiger partial charge in [0.2, 0.25) is 0 Å². The van der Waals surface area contributed by atoms with E-state index in [1.807, 2.05) is 59.4 Å². The second kappa shape index (κ2) is 8.21. The van der Waals surface area contributed by atoms with Crippen LogP contribution in [-0.4, -0.2) is 15.7 Å². The van der Waals surface area contributed by atoms with E-state index in [0.717, 1.165) is 17.5 Å². The molecule has 1 aromatic heterocycles. The van der Waals surface area contributed by atoms with Gasteiger partial charge in [0.25, 0.3) is 5.91 Å². The number of nitrogens with zero attached hydrogens (tertiary/aromatic N) is 2. The molecule has 0 spiro atoms. The van der Waals surface area contributed by atoms with Crippen molar-refractivity contribution in [1.82, 2.24) is 15.1 Å². The molecule has 0 bridgehead atoms. The summed E-state index contributed by atoms with van der Waals surface area (Å²) in [5, 5.41) is 7.43. The van der Waals surface area contributed by atoms with Crippen molar-refractivity contribution in [3.8, 4) is 0 Å². The van der Waals surface area contributed by atoms with Gasteiger partial charge in [-0.2, -0.15) is 5.10 Å². The minimum Gasteiger partial charge on any atom is -0.345 e. The van der Waals surface area contributed by atoms with Crippen molar-refractivity contribution < 1.29 is 4.79 Å². The maximum absolute atomic E-state index is 12.8. The number of carbonyl (C=O) groups is 1. The maximum Gasteiger partial charge on any atom is 0.251 e. The highest BCUT2D eigenvalue weighted by Crippen LogP contribution is 2.29. The molecule has 0 saturated heterocycles. The quantitative estimate of drug-likeness (QED) is 0.683. The first kappa shape index (κ1) is 18.9. The molecule has 1 N–H and O–H groups in total. The number of benzene rings is 2. The molecular formula is C23H27N3O. The average Bonchev–Trinajstić information content (AvgIpc) is 3.14. The highest BCUT2D eigenvalue weighted by molar-refractivity contribution is 5.94. The van der Waals surface area contributed by atoms with Crippen LogP contribution in [0.3, 0.4) is 0 Å². The van der Waals surface area contributed by atoms with E-state index in [-0.39, 0.29) is 17.4 Å². The summed E-state index contributed by atoms with van der Waals surface area (Å²) in [6.07, 6.45) is 4.57. The molecule has 0 aliphatic rings. The van der Waals surface area contributed by atoms with Crippen LogP contribution >= 0.6 is 0 Å². The smallest absolute Gasteiger partial charge is 0.251 e. The molecule has 4 nitrogen and oxygen atoms in total. The van der Waals surface area contributed by atoms with Crippen LogP contribution in [0.15, 0.2) is 73.1 Å². The second-order valence-electron chi connectivity index (χ2n) is 8.10. The summed E-state index contributed by atoms with van der Waals surface area (Å²) in [7, 11) is 0. The van der Waals surface area contributed by atoms with E-state index < -0.39 is 0 Å². The minimum absolute atomic E-state index is 0.0116. The van der Waals surface area contributed by atoms with Gasteiger partial charge in [-0.15, -0.1) is 0 Å². The first-order valence-electron chi connectivity index (χ1n) is 9.33. The molecule has 3 rings (SSSR count). The standard InChI is InChI=1S/C23H27N3O/c1-23(2,3)16-21(19-8-5-4-6-9-19)25-22(27)20-12-10-18(11-13-20)17-26-15-7-14-24-26/h4-15,21H,16-17H2,1-3H3,(H,25,27). The Kier molecular flexibility index (Phi) is 5.75. The van der Waals surface area contributed by atoms with Gasteiger partial charge in [-0.05, 0) is 41.2 Å². The molecular weight excluding hydrogens is 334 g/mol. The number of hydrogen-bond donors (Lipinski definition) is 1. The lowest BCUT2D eigenvalue weighted by molar-refractivity contribution is 0.0926. The van der Waals surface area contributed by atoms with Crippen molar-refractivity contribution in [2.24, 2.45) is 5.41 Å². The lowest BCUT2D eigenvalue weighted by Crippen LogP contribution is -2.31. The predicted octanol–water partition coefficient (Wildman–Crippen LogP) is 4.84. The number of hydrogen-bond acceptors (Lipinski definition) is 2. The van der Waals surface area contributed by atoms with Crippen LogP contribution in [0.5, 0.6) is 0 Å². The molecule has 0 fully saturated rings. The second-order valence-corrected chi connectivity index (χ2v) is 8.10. The SMILES string of the molecule is CC(C)(C)CC(NC(=O)c1ccc(Cn2cccn2)cc1)c1ccccc1. The summed E-state index contributed by atoms with van der Waals surface area (Å²) < 4.78 is 1.86. The Labute approximate surface area is 161 Å². The maximum atomic E-state index is 12.8. The molecule has 4 heteroatoms. The third-order valence-corrected chi connectivity index (χ3v) is 4.44. The van der Waals surface area contributed by atoms with E-state index in [1.54, 1.807) is 6.20 Å². The predicted molar refractivity (Wildman–Crippen MR) is 108 cm³/mol. The van der Waals surface area contributed by atoms with Gasteiger partial charge >= 0.3 is 0 Å². The summed E-state index contributed by atoms with van der Waals surface area (Å²) in [6, 6.07) is 19.8. The van der Waals surface area contributed by atoms with E-state index in [1.165, 1.54) is 0 Å². The zero-order valence-electron chi connectivity index (χ0n) is 16.2. The molecule has 1 heterocycles. The highest BCUT2D eigenvalue weighted by Gasteiger charge is 2.22. The Hall–Kier alpha value is -2.88. The number of amides is 1. The minimum atomic E-state index is -0.0428. The fourth-order valence-electron chi connectivity index (χ4n) is 3.13. The van der Waals surface area contributed by atoms with Gasteiger partial charge in [0, 0.05) is 18.0 Å². The van der Waals surface area contributed by atoms with Crippen LogP contribution in [0.4, 0.5) is 0 Å². The molecule has 0 aliphatic carbocycles. The monoisotopic (exact) mass is 361 g/mol. The topological polar surface area (TPSA) is 46.9 Å². The van der Waals surface area contributed by atoms with Crippen molar-refractivity contribution in [1.29, 1.82) is 0 Å². The normalized spacial score (nSPS) is 12.6. The summed E-state index contributed by atoms with van der Waals surface area (Å²) >= 11 is 0. The highest BCUT2D eigenvalue weighted by atomic mass is 16.1. The average molecular weight is 361 g/mol. The Morgan fingerprint density at radius 1 is 1.04 bits per heavy atom. The lowest BCUT2D eigenvalue weighted by atomic mass is 9.85. The largest absolute Gasteiger partial charge is 0.345 e. The first-order chi connectivity index (χ1) is 12.9. The van der Waals surface area contributed by atoms with Crippen molar-refractivity contribution in [2.75, 3.05) is 0 Å². The van der Waals surface area contributed by atoms with Gasteiger partial charge in [0.15, 0.2) is 0 Å². The van der Waals surface area contributed by atoms with E-state index in [0.29, 0.717) is 12.1 Å². The molecule has 0 aliphatic heterocycles. The van der Waals surface area contributed by atoms with Gasteiger partial charge in [0.1, 0.15) is 0 Å². The molecule has 0 saturated carbocycles. The van der Waals surface area contributed by atoms with E-state index >= 15 is 0 Å². The summed E-state index contributed by atoms with van der Waals surface area (Å²) in [5.74, 6) is -0.0428. The van der Waals surface area contributed by atoms with Gasteiger partial charge in [-0.3, -0.25) is 9.48 Å². The third kappa shape index (κ3) is 5.55. The van der Waals surface area contributed by atoms with E-state index in [4.69, 9.17) is 0 Å². The van der Waals surface area contributed by atoms with Crippen LogP contribution < -0.4 is 5.32 Å². The molecule has 2 aromatic carbocycles. The zero-order valence-corrected chi connectivity index (χ0v) is 16.2. The Morgan fingerprint density at radius 2 is 1.74 bits per heavy atom. The molecule has 140 valence electrons. The van der Waals surface area contributed by atoms with Crippen molar-refractivity contribution >= 4 is 5.91 Å². The van der Waals surface area contributed by atoms with Crippen LogP contribution in [0.1, 0.15) is 54.7 Å². The molecule has 27 heavy (non-hydrogen) atoms. The number of rotatable bonds is 6. The van der Waals surface area contributed by atoms with E-state index in [2.05, 4.69) is 43.3 Å². The Bertz CT molecular complexity index is 847. The fraction of sp³-hybridized carbons (Fsp3) is 0.304. The third-order valence-electron chi connectivity index (χ3n) is 4.44. The number of carbonyl (C=O) groups excluding carboxylic acids is 1. The lowest BCUT2D eigenvalue weighted by Gasteiger charge is -2.27. The van der Waals surface area contributed by atoms with Gasteiger partial charge in [-0.25, -0.2) is 0 Å². The van der Waals surface area contributed by atoms with Crippen LogP contribution in [0.25, 0.3) is 0 Å². The molecule has 3 aromatic rings. The summed E-state index contributed by atoms with van der Waals surface area (Å²) in [4.78, 5) is 12.8. The summed E-state index contributed by atoms with van der Waals surface area (Å²) in [5.41, 5.74) is 3.04. The number of aromatic nitrogens is 2. The number of nitrogens with one attached hydrogen (secondary N) is 1. The van der Waals surface area contributed by atoms with Crippen LogP contribution in [0.2, 0.25) is 0 Å². The van der Waals surface area contributed by atoms with Gasteiger partial charge < -0.3 is 5.32 Å². The van der Waals surface area contributed by atoms with E-state index in [9.17, 15) is 4.79 Å². The van der Waals surface area contributed by atoms with Gasteiger partial charge in [-0.1, -0.05) is 63.2 Å². The molecule has 1 atom stereocenters. The molecule has 0 radical (unpaired) electrons. The van der Waals surface area contributed by atoms with Crippen LogP contribution in [0, 0.1) is 5.41 Å². The zero-order chi connectivity index (χ0) is 19.3. The molecule has 1 unspecified atom stereocenters. The Morgan fingerprint density at radius 3 is 2.33 bits per heavy atom. The van der Waals surface area contributed by atoms with Crippen molar-refractivity contribution in [2.45, 2.75) is 39.8 Å². The van der Waals surface area contributed by atoms with Crippen molar-refractivity contribution in [3.05, 3.63) is 89.7 Å². The van der Waals surface area contributed by atoms with Crippen molar-refractivity contribution in [3.63, 3.8) is 0 Å².